The van der Waals surface area contributed by atoms with Crippen LogP contribution in [0.4, 0.5) is 0 Å². The van der Waals surface area contributed by atoms with Gasteiger partial charge < -0.3 is 14.2 Å². The number of rotatable bonds is 50. The standard InChI is InChI=1S/C55H106O6/c1-5-8-10-12-14-16-18-20-22-24-26-28-30-35-39-43-47-54(57)60-50-52(61-55(58)48-44-40-36-32-31-33-37-41-45-51(4)7-3)49-59-53(56)46-42-38-34-29-27-25-23-21-19-17-15-13-11-9-6-2/h51-52H,5-50H2,1-4H3/t51?,52-/m1/s1. The number of carbonyl (C=O) groups is 3. The van der Waals surface area contributed by atoms with Crippen LogP contribution in [0, 0.1) is 5.92 Å². The van der Waals surface area contributed by atoms with Gasteiger partial charge in [-0.3, -0.25) is 14.4 Å². The van der Waals surface area contributed by atoms with Crippen molar-refractivity contribution < 1.29 is 28.6 Å². The van der Waals surface area contributed by atoms with Crippen LogP contribution >= 0.6 is 0 Å². The van der Waals surface area contributed by atoms with E-state index in [-0.39, 0.29) is 31.1 Å². The molecule has 0 aromatic rings. The minimum absolute atomic E-state index is 0.0628. The lowest BCUT2D eigenvalue weighted by molar-refractivity contribution is -0.167. The molecular formula is C55H106O6. The minimum Gasteiger partial charge on any atom is -0.462 e. The van der Waals surface area contributed by atoms with Crippen molar-refractivity contribution in [2.24, 2.45) is 5.92 Å². The first-order valence-electron chi connectivity index (χ1n) is 27.4. The SMILES string of the molecule is CCCCCCCCCCCCCCCCCCC(=O)OC[C@@H](COC(=O)CCCCCCCCCCCCCCCCC)OC(=O)CCCCCCCCCCC(C)CC. The van der Waals surface area contributed by atoms with Gasteiger partial charge in [-0.25, -0.2) is 0 Å². The Bertz CT molecular complexity index is 920. The summed E-state index contributed by atoms with van der Waals surface area (Å²) in [5, 5.41) is 0. The van der Waals surface area contributed by atoms with Crippen LogP contribution in [0.2, 0.25) is 0 Å². The normalized spacial score (nSPS) is 12.4. The number of unbranched alkanes of at least 4 members (excludes halogenated alkanes) is 36. The zero-order valence-corrected chi connectivity index (χ0v) is 41.6. The van der Waals surface area contributed by atoms with Crippen LogP contribution in [0.25, 0.3) is 0 Å². The molecule has 0 amide bonds. The molecule has 0 aromatic heterocycles. The Kier molecular flexibility index (Phi) is 48.1. The van der Waals surface area contributed by atoms with Crippen molar-refractivity contribution in [3.63, 3.8) is 0 Å². The van der Waals surface area contributed by atoms with E-state index in [9.17, 15) is 14.4 Å². The molecule has 0 N–H and O–H groups in total. The Morgan fingerprint density at radius 2 is 0.574 bits per heavy atom. The summed E-state index contributed by atoms with van der Waals surface area (Å²) in [6.45, 7) is 9.05. The summed E-state index contributed by atoms with van der Waals surface area (Å²) in [6, 6.07) is 0. The van der Waals surface area contributed by atoms with Crippen LogP contribution in [0.15, 0.2) is 0 Å². The van der Waals surface area contributed by atoms with Gasteiger partial charge in [-0.1, -0.05) is 272 Å². The van der Waals surface area contributed by atoms with Gasteiger partial charge in [0.05, 0.1) is 0 Å². The molecule has 0 aliphatic rings. The molecule has 1 unspecified atom stereocenters. The van der Waals surface area contributed by atoms with E-state index in [0.29, 0.717) is 19.3 Å². The van der Waals surface area contributed by atoms with Gasteiger partial charge in [0.1, 0.15) is 13.2 Å². The van der Waals surface area contributed by atoms with Crippen LogP contribution < -0.4 is 0 Å². The number of esters is 3. The Balaban J connectivity index is 4.29. The van der Waals surface area contributed by atoms with Crippen LogP contribution in [-0.2, 0) is 28.6 Å². The summed E-state index contributed by atoms with van der Waals surface area (Å²) in [7, 11) is 0. The molecular weight excluding hydrogens is 757 g/mol. The van der Waals surface area contributed by atoms with Crippen LogP contribution in [0.3, 0.4) is 0 Å². The molecule has 2 atom stereocenters. The van der Waals surface area contributed by atoms with Crippen LogP contribution in [-0.4, -0.2) is 37.2 Å². The summed E-state index contributed by atoms with van der Waals surface area (Å²) in [5.41, 5.74) is 0. The summed E-state index contributed by atoms with van der Waals surface area (Å²) in [4.78, 5) is 38.0. The number of hydrogen-bond donors (Lipinski definition) is 0. The fraction of sp³-hybridized carbons (Fsp3) is 0.945. The summed E-state index contributed by atoms with van der Waals surface area (Å²) in [6.07, 6.45) is 52.3. The molecule has 0 fully saturated rings. The third kappa shape index (κ3) is 47.7. The highest BCUT2D eigenvalue weighted by Gasteiger charge is 2.19. The predicted octanol–water partition coefficient (Wildman–Crippen LogP) is 17.8. The average Bonchev–Trinajstić information content (AvgIpc) is 3.26. The summed E-state index contributed by atoms with van der Waals surface area (Å²) >= 11 is 0. The van der Waals surface area contributed by atoms with E-state index in [1.54, 1.807) is 0 Å². The molecule has 0 heterocycles. The van der Waals surface area contributed by atoms with E-state index < -0.39 is 6.10 Å². The van der Waals surface area contributed by atoms with Gasteiger partial charge in [0.15, 0.2) is 6.10 Å². The molecule has 362 valence electrons. The van der Waals surface area contributed by atoms with Gasteiger partial charge in [0.25, 0.3) is 0 Å². The lowest BCUT2D eigenvalue weighted by Gasteiger charge is -2.18. The molecule has 6 nitrogen and oxygen atoms in total. The lowest BCUT2D eigenvalue weighted by atomic mass is 9.99. The Morgan fingerprint density at radius 1 is 0.328 bits per heavy atom. The molecule has 0 saturated carbocycles. The topological polar surface area (TPSA) is 78.9 Å². The second-order valence-electron chi connectivity index (χ2n) is 19.1. The zero-order valence-electron chi connectivity index (χ0n) is 41.6. The van der Waals surface area contributed by atoms with Gasteiger partial charge in [-0.15, -0.1) is 0 Å². The van der Waals surface area contributed by atoms with Gasteiger partial charge in [-0.05, 0) is 25.2 Å². The highest BCUT2D eigenvalue weighted by Crippen LogP contribution is 2.18. The van der Waals surface area contributed by atoms with Crippen molar-refractivity contribution in [3.05, 3.63) is 0 Å². The fourth-order valence-electron chi connectivity index (χ4n) is 8.36. The fourth-order valence-corrected chi connectivity index (χ4v) is 8.36. The monoisotopic (exact) mass is 863 g/mol. The van der Waals surface area contributed by atoms with Crippen LogP contribution in [0.5, 0.6) is 0 Å². The van der Waals surface area contributed by atoms with Crippen molar-refractivity contribution in [2.75, 3.05) is 13.2 Å². The zero-order chi connectivity index (χ0) is 44.5. The third-order valence-electron chi connectivity index (χ3n) is 12.9. The van der Waals surface area contributed by atoms with Gasteiger partial charge in [0, 0.05) is 19.3 Å². The maximum absolute atomic E-state index is 12.8. The number of carbonyl (C=O) groups excluding carboxylic acids is 3. The van der Waals surface area contributed by atoms with Gasteiger partial charge in [-0.2, -0.15) is 0 Å². The van der Waals surface area contributed by atoms with Crippen molar-refractivity contribution in [2.45, 2.75) is 316 Å². The first-order chi connectivity index (χ1) is 29.9. The number of hydrogen-bond acceptors (Lipinski definition) is 6. The third-order valence-corrected chi connectivity index (χ3v) is 12.9. The van der Waals surface area contributed by atoms with Gasteiger partial charge >= 0.3 is 17.9 Å². The molecule has 0 aliphatic heterocycles. The average molecular weight is 863 g/mol. The first-order valence-corrected chi connectivity index (χ1v) is 27.4. The van der Waals surface area contributed by atoms with E-state index in [0.717, 1.165) is 63.7 Å². The van der Waals surface area contributed by atoms with E-state index in [4.69, 9.17) is 14.2 Å². The second-order valence-corrected chi connectivity index (χ2v) is 19.1. The summed E-state index contributed by atoms with van der Waals surface area (Å²) < 4.78 is 16.8. The smallest absolute Gasteiger partial charge is 0.306 e. The molecule has 0 radical (unpaired) electrons. The lowest BCUT2D eigenvalue weighted by Crippen LogP contribution is -2.30. The minimum atomic E-state index is -0.761. The maximum atomic E-state index is 12.8. The predicted molar refractivity (Wildman–Crippen MR) is 261 cm³/mol. The second kappa shape index (κ2) is 49.4. The Labute approximate surface area is 380 Å². The number of ether oxygens (including phenoxy) is 3. The highest BCUT2D eigenvalue weighted by molar-refractivity contribution is 5.71. The molecule has 0 spiro atoms. The largest absolute Gasteiger partial charge is 0.462 e. The quantitative estimate of drug-likeness (QED) is 0.0344. The van der Waals surface area contributed by atoms with Gasteiger partial charge in [0.2, 0.25) is 0 Å². The molecule has 6 heteroatoms. The van der Waals surface area contributed by atoms with Crippen molar-refractivity contribution in [1.82, 2.24) is 0 Å². The summed E-state index contributed by atoms with van der Waals surface area (Å²) in [5.74, 6) is 0.00328. The van der Waals surface area contributed by atoms with Crippen LogP contribution in [0.1, 0.15) is 310 Å². The van der Waals surface area contributed by atoms with E-state index in [1.165, 1.54) is 205 Å². The maximum Gasteiger partial charge on any atom is 0.306 e. The molecule has 61 heavy (non-hydrogen) atoms. The highest BCUT2D eigenvalue weighted by atomic mass is 16.6. The van der Waals surface area contributed by atoms with Crippen molar-refractivity contribution in [3.8, 4) is 0 Å². The molecule has 0 aliphatic carbocycles. The van der Waals surface area contributed by atoms with E-state index >= 15 is 0 Å². The van der Waals surface area contributed by atoms with E-state index in [1.807, 2.05) is 0 Å². The Hall–Kier alpha value is -1.59. The van der Waals surface area contributed by atoms with E-state index in [2.05, 4.69) is 27.7 Å². The molecule has 0 bridgehead atoms. The Morgan fingerprint density at radius 3 is 0.852 bits per heavy atom. The molecule has 0 saturated heterocycles. The first kappa shape index (κ1) is 59.4. The molecule has 0 aromatic carbocycles. The van der Waals surface area contributed by atoms with Crippen molar-refractivity contribution >= 4 is 17.9 Å². The molecule has 0 rings (SSSR count). The van der Waals surface area contributed by atoms with Crippen molar-refractivity contribution in [1.29, 1.82) is 0 Å².